The van der Waals surface area contributed by atoms with Gasteiger partial charge in [-0.05, 0) is 43.4 Å². The molecule has 0 aromatic heterocycles. The van der Waals surface area contributed by atoms with E-state index < -0.39 is 28.3 Å². The van der Waals surface area contributed by atoms with Crippen molar-refractivity contribution in [1.82, 2.24) is 0 Å². The van der Waals surface area contributed by atoms with E-state index in [4.69, 9.17) is 4.18 Å². The van der Waals surface area contributed by atoms with Gasteiger partial charge in [0.25, 0.3) is 10.1 Å². The van der Waals surface area contributed by atoms with E-state index in [1.165, 1.54) is 6.07 Å². The molecule has 0 radical (unpaired) electrons. The van der Waals surface area contributed by atoms with Crippen molar-refractivity contribution in [3.05, 3.63) is 29.3 Å². The zero-order chi connectivity index (χ0) is 18.5. The van der Waals surface area contributed by atoms with Crippen molar-refractivity contribution in [2.75, 3.05) is 11.6 Å². The maximum absolute atomic E-state index is 12.4. The highest BCUT2D eigenvalue weighted by Gasteiger charge is 2.38. The number of hydrogen-bond acceptors (Lipinski definition) is 4. The Kier molecular flexibility index (Phi) is 6.79. The van der Waals surface area contributed by atoms with E-state index in [2.05, 4.69) is 0 Å². The van der Waals surface area contributed by atoms with Crippen molar-refractivity contribution in [3.8, 4) is 0 Å². The van der Waals surface area contributed by atoms with Gasteiger partial charge in [0.15, 0.2) is 0 Å². The van der Waals surface area contributed by atoms with Gasteiger partial charge < -0.3 is 5.32 Å². The fraction of sp³-hybridized carbons (Fsp3) is 0.533. The van der Waals surface area contributed by atoms with Crippen LogP contribution in [0, 0.1) is 0 Å². The molecule has 5 nitrogen and oxygen atoms in total. The Bertz CT molecular complexity index is 686. The maximum atomic E-state index is 12.4. The quantitative estimate of drug-likeness (QED) is 0.752. The summed E-state index contributed by atoms with van der Waals surface area (Å²) >= 11 is 0. The highest BCUT2D eigenvalue weighted by Crippen LogP contribution is 2.24. The van der Waals surface area contributed by atoms with E-state index >= 15 is 0 Å². The average Bonchev–Trinajstić information content (AvgIpc) is 2.43. The Labute approximate surface area is 139 Å². The molecule has 1 rings (SSSR count). The topological polar surface area (TPSA) is 72.5 Å². The van der Waals surface area contributed by atoms with Gasteiger partial charge in [-0.1, -0.05) is 19.1 Å². The van der Waals surface area contributed by atoms with Gasteiger partial charge in [0.1, 0.15) is 0 Å². The van der Waals surface area contributed by atoms with E-state index in [0.29, 0.717) is 12.0 Å². The monoisotopic (exact) mass is 367 g/mol. The number of alkyl halides is 3. The largest absolute Gasteiger partial charge is 0.471 e. The lowest BCUT2D eigenvalue weighted by atomic mass is 10.0. The summed E-state index contributed by atoms with van der Waals surface area (Å²) in [5, 5.41) is 1.85. The lowest BCUT2D eigenvalue weighted by molar-refractivity contribution is -0.167. The smallest absolute Gasteiger partial charge is 0.318 e. The van der Waals surface area contributed by atoms with Gasteiger partial charge in [-0.3, -0.25) is 8.98 Å². The Hall–Kier alpha value is -1.61. The fourth-order valence-corrected chi connectivity index (χ4v) is 2.79. The molecule has 1 aromatic carbocycles. The molecule has 0 bridgehead atoms. The van der Waals surface area contributed by atoms with Crippen molar-refractivity contribution < 1.29 is 30.6 Å². The van der Waals surface area contributed by atoms with Crippen molar-refractivity contribution in [1.29, 1.82) is 0 Å². The van der Waals surface area contributed by atoms with E-state index in [9.17, 15) is 26.4 Å². The number of aryl methyl sites for hydroxylation is 2. The van der Waals surface area contributed by atoms with Crippen LogP contribution in [0.1, 0.15) is 31.4 Å². The van der Waals surface area contributed by atoms with Crippen LogP contribution in [0.15, 0.2) is 18.2 Å². The first-order chi connectivity index (χ1) is 10.9. The minimum Gasteiger partial charge on any atom is -0.318 e. The van der Waals surface area contributed by atoms with Crippen LogP contribution in [-0.4, -0.2) is 32.9 Å². The van der Waals surface area contributed by atoms with Crippen molar-refractivity contribution in [2.45, 2.75) is 45.4 Å². The standard InChI is InChI=1S/C15H20F3NO4S/c1-4-11-6-8-13(19-14(20)15(16,17)18)12(9-11)7-5-10(2)23-24(3,21)22/h6,8-10H,4-5,7H2,1-3H3,(H,19,20)/t10-/m0/s1. The first kappa shape index (κ1) is 20.4. The molecule has 0 spiro atoms. The van der Waals surface area contributed by atoms with E-state index in [-0.39, 0.29) is 18.5 Å². The van der Waals surface area contributed by atoms with E-state index in [1.807, 2.05) is 12.2 Å². The Morgan fingerprint density at radius 1 is 1.33 bits per heavy atom. The molecule has 0 unspecified atom stereocenters. The third kappa shape index (κ3) is 6.88. The fourth-order valence-electron chi connectivity index (χ4n) is 2.09. The number of amides is 1. The SMILES string of the molecule is CCc1ccc(NC(=O)C(F)(F)F)c(CC[C@H](C)OS(C)(=O)=O)c1. The molecule has 0 aliphatic carbocycles. The third-order valence-electron chi connectivity index (χ3n) is 3.24. The third-order valence-corrected chi connectivity index (χ3v) is 3.92. The first-order valence-corrected chi connectivity index (χ1v) is 9.12. The van der Waals surface area contributed by atoms with Gasteiger partial charge in [-0.2, -0.15) is 21.6 Å². The van der Waals surface area contributed by atoms with Gasteiger partial charge >= 0.3 is 12.1 Å². The summed E-state index contributed by atoms with van der Waals surface area (Å²) in [6.45, 7) is 3.45. The Morgan fingerprint density at radius 3 is 2.46 bits per heavy atom. The molecule has 1 N–H and O–H groups in total. The number of nitrogens with one attached hydrogen (secondary N) is 1. The second-order valence-electron chi connectivity index (χ2n) is 5.45. The van der Waals surface area contributed by atoms with Crippen molar-refractivity contribution in [3.63, 3.8) is 0 Å². The molecule has 0 aliphatic rings. The van der Waals surface area contributed by atoms with Crippen LogP contribution < -0.4 is 5.32 Å². The molecule has 0 aliphatic heterocycles. The zero-order valence-corrected chi connectivity index (χ0v) is 14.4. The lowest BCUT2D eigenvalue weighted by Gasteiger charge is -2.16. The molecule has 0 fully saturated rings. The maximum Gasteiger partial charge on any atom is 0.471 e. The molecule has 1 aromatic rings. The predicted octanol–water partition coefficient (Wildman–Crippen LogP) is 3.05. The second kappa shape index (κ2) is 7.98. The molecular formula is C15H20F3NO4S. The number of halogens is 3. The molecule has 0 saturated carbocycles. The van der Waals surface area contributed by atoms with Crippen LogP contribution in [0.3, 0.4) is 0 Å². The summed E-state index contributed by atoms with van der Waals surface area (Å²) in [6, 6.07) is 4.74. The number of rotatable bonds is 7. The second-order valence-corrected chi connectivity index (χ2v) is 7.05. The number of anilines is 1. The van der Waals surface area contributed by atoms with Crippen LogP contribution in [0.2, 0.25) is 0 Å². The molecule has 0 saturated heterocycles. The van der Waals surface area contributed by atoms with E-state index in [0.717, 1.165) is 11.8 Å². The van der Waals surface area contributed by atoms with E-state index in [1.54, 1.807) is 19.1 Å². The summed E-state index contributed by atoms with van der Waals surface area (Å²) in [6.07, 6.45) is -3.47. The van der Waals surface area contributed by atoms with Gasteiger partial charge in [-0.15, -0.1) is 0 Å². The predicted molar refractivity (Wildman–Crippen MR) is 84.2 cm³/mol. The zero-order valence-electron chi connectivity index (χ0n) is 13.6. The van der Waals surface area contributed by atoms with Crippen molar-refractivity contribution >= 4 is 21.7 Å². The van der Waals surface area contributed by atoms with Gasteiger partial charge in [-0.25, -0.2) is 0 Å². The molecular weight excluding hydrogens is 347 g/mol. The van der Waals surface area contributed by atoms with Gasteiger partial charge in [0.2, 0.25) is 0 Å². The number of carbonyl (C=O) groups excluding carboxylic acids is 1. The molecule has 136 valence electrons. The normalized spacial score (nSPS) is 13.6. The molecule has 1 amide bonds. The van der Waals surface area contributed by atoms with Crippen LogP contribution in [-0.2, 0) is 31.9 Å². The molecule has 0 heterocycles. The summed E-state index contributed by atoms with van der Waals surface area (Å²) in [7, 11) is -3.61. The number of hydrogen-bond donors (Lipinski definition) is 1. The van der Waals surface area contributed by atoms with Crippen LogP contribution >= 0.6 is 0 Å². The number of carbonyl (C=O) groups is 1. The minimum atomic E-state index is -4.98. The van der Waals surface area contributed by atoms with Crippen LogP contribution in [0.25, 0.3) is 0 Å². The molecule has 24 heavy (non-hydrogen) atoms. The summed E-state index contributed by atoms with van der Waals surface area (Å²) in [5.41, 5.74) is 1.45. The lowest BCUT2D eigenvalue weighted by Crippen LogP contribution is -2.30. The molecule has 1 atom stereocenters. The van der Waals surface area contributed by atoms with Gasteiger partial charge in [0.05, 0.1) is 12.4 Å². The van der Waals surface area contributed by atoms with Gasteiger partial charge in [0, 0.05) is 5.69 Å². The summed E-state index contributed by atoms with van der Waals surface area (Å²) in [4.78, 5) is 11.1. The highest BCUT2D eigenvalue weighted by atomic mass is 32.2. The summed E-state index contributed by atoms with van der Waals surface area (Å²) < 4.78 is 64.2. The average molecular weight is 367 g/mol. The highest BCUT2D eigenvalue weighted by molar-refractivity contribution is 7.86. The van der Waals surface area contributed by atoms with Crippen molar-refractivity contribution in [2.24, 2.45) is 0 Å². The van der Waals surface area contributed by atoms with Crippen LogP contribution in [0.5, 0.6) is 0 Å². The Balaban J connectivity index is 2.92. The molecule has 9 heteroatoms. The number of benzene rings is 1. The first-order valence-electron chi connectivity index (χ1n) is 7.30. The Morgan fingerprint density at radius 2 is 1.96 bits per heavy atom. The van der Waals surface area contributed by atoms with Crippen LogP contribution in [0.4, 0.5) is 18.9 Å². The minimum absolute atomic E-state index is 0.0566. The summed E-state index contributed by atoms with van der Waals surface area (Å²) in [5.74, 6) is -2.05.